The second-order valence-electron chi connectivity index (χ2n) is 7.51. The predicted molar refractivity (Wildman–Crippen MR) is 122 cm³/mol. The third kappa shape index (κ3) is 4.91. The fourth-order valence-electron chi connectivity index (χ4n) is 3.59. The van der Waals surface area contributed by atoms with Crippen molar-refractivity contribution in [1.82, 2.24) is 14.7 Å². The lowest BCUT2D eigenvalue weighted by atomic mass is 10.0. The number of rotatable bonds is 7. The van der Waals surface area contributed by atoms with E-state index in [0.29, 0.717) is 27.6 Å². The van der Waals surface area contributed by atoms with Gasteiger partial charge in [0, 0.05) is 18.2 Å². The van der Waals surface area contributed by atoms with Crippen molar-refractivity contribution >= 4 is 29.1 Å². The Kier molecular flexibility index (Phi) is 6.19. The van der Waals surface area contributed by atoms with Crippen LogP contribution in [0.5, 0.6) is 11.5 Å². The normalized spacial score (nSPS) is 11.9. The molecule has 1 atom stereocenters. The summed E-state index contributed by atoms with van der Waals surface area (Å²) < 4.78 is 1.72. The molecule has 33 heavy (non-hydrogen) atoms. The molecule has 2 aromatic heterocycles. The number of carboxylic acid groups (broad SMARTS) is 1. The molecule has 4 N–H and O–H groups in total. The van der Waals surface area contributed by atoms with Crippen molar-refractivity contribution in [2.24, 2.45) is 0 Å². The van der Waals surface area contributed by atoms with E-state index in [2.05, 4.69) is 10.3 Å². The number of aromatic hydroxyl groups is 2. The van der Waals surface area contributed by atoms with Crippen molar-refractivity contribution in [1.29, 1.82) is 0 Å². The van der Waals surface area contributed by atoms with Crippen LogP contribution in [0.4, 0.5) is 0 Å². The lowest BCUT2D eigenvalue weighted by Crippen LogP contribution is -2.43. The summed E-state index contributed by atoms with van der Waals surface area (Å²) in [7, 11) is 0. The predicted octanol–water partition coefficient (Wildman–Crippen LogP) is 3.42. The van der Waals surface area contributed by atoms with Gasteiger partial charge in [-0.05, 0) is 29.8 Å². The number of nitrogens with one attached hydrogen (secondary N) is 1. The molecule has 0 bridgehead atoms. The Bertz CT molecular complexity index is 1340. The van der Waals surface area contributed by atoms with Crippen molar-refractivity contribution < 1.29 is 24.9 Å². The SMILES string of the molecule is O=C(Cc1c(-c2ccccc2)nc2ccc(Cl)cn12)NC(Cc1ccc(O)c(O)c1)C(=O)O. The zero-order valence-electron chi connectivity index (χ0n) is 17.3. The first-order valence-electron chi connectivity index (χ1n) is 10.1. The Labute approximate surface area is 193 Å². The molecule has 1 unspecified atom stereocenters. The molecule has 1 amide bonds. The summed E-state index contributed by atoms with van der Waals surface area (Å²) in [4.78, 5) is 29.3. The highest BCUT2D eigenvalue weighted by Crippen LogP contribution is 2.27. The van der Waals surface area contributed by atoms with Gasteiger partial charge < -0.3 is 25.0 Å². The largest absolute Gasteiger partial charge is 0.504 e. The molecule has 4 rings (SSSR count). The van der Waals surface area contributed by atoms with E-state index >= 15 is 0 Å². The minimum absolute atomic E-state index is 0.0700. The first-order valence-corrected chi connectivity index (χ1v) is 10.4. The van der Waals surface area contributed by atoms with E-state index < -0.39 is 17.9 Å². The van der Waals surface area contributed by atoms with Crippen LogP contribution in [0, 0.1) is 0 Å². The van der Waals surface area contributed by atoms with Crippen molar-refractivity contribution in [3.05, 3.63) is 83.1 Å². The third-order valence-electron chi connectivity index (χ3n) is 5.17. The number of fused-ring (bicyclic) bond motifs is 1. The van der Waals surface area contributed by atoms with Gasteiger partial charge in [0.1, 0.15) is 11.7 Å². The molecule has 168 valence electrons. The highest BCUT2D eigenvalue weighted by atomic mass is 35.5. The number of pyridine rings is 1. The highest BCUT2D eigenvalue weighted by molar-refractivity contribution is 6.30. The number of halogens is 1. The fraction of sp³-hybridized carbons (Fsp3) is 0.125. The third-order valence-corrected chi connectivity index (χ3v) is 5.39. The van der Waals surface area contributed by atoms with Gasteiger partial charge >= 0.3 is 5.97 Å². The summed E-state index contributed by atoms with van der Waals surface area (Å²) in [5.41, 5.74) is 3.04. The average molecular weight is 466 g/mol. The lowest BCUT2D eigenvalue weighted by molar-refractivity contribution is -0.141. The second-order valence-corrected chi connectivity index (χ2v) is 7.95. The summed E-state index contributed by atoms with van der Waals surface area (Å²) in [5, 5.41) is 31.7. The van der Waals surface area contributed by atoms with Gasteiger partial charge in [-0.2, -0.15) is 0 Å². The van der Waals surface area contributed by atoms with Crippen LogP contribution >= 0.6 is 11.6 Å². The van der Waals surface area contributed by atoms with Crippen molar-refractivity contribution in [3.8, 4) is 22.8 Å². The minimum atomic E-state index is -1.23. The molecular formula is C24H20ClN3O5. The van der Waals surface area contributed by atoms with Crippen molar-refractivity contribution in [2.75, 3.05) is 0 Å². The monoisotopic (exact) mass is 465 g/mol. The lowest BCUT2D eigenvalue weighted by Gasteiger charge is -2.15. The summed E-state index contributed by atoms with van der Waals surface area (Å²) in [6.45, 7) is 0. The summed E-state index contributed by atoms with van der Waals surface area (Å²) in [5.74, 6) is -2.41. The number of aromatic nitrogens is 2. The number of nitrogens with zero attached hydrogens (tertiary/aromatic N) is 2. The van der Waals surface area contributed by atoms with Crippen LogP contribution in [0.25, 0.3) is 16.9 Å². The average Bonchev–Trinajstić information content (AvgIpc) is 3.13. The molecule has 0 aliphatic heterocycles. The molecule has 0 aliphatic rings. The maximum Gasteiger partial charge on any atom is 0.326 e. The second kappa shape index (κ2) is 9.22. The molecule has 0 spiro atoms. The number of aliphatic carboxylic acids is 1. The van der Waals surface area contributed by atoms with Crippen LogP contribution in [-0.4, -0.2) is 42.6 Å². The van der Waals surface area contributed by atoms with Crippen molar-refractivity contribution in [2.45, 2.75) is 18.9 Å². The van der Waals surface area contributed by atoms with Gasteiger partial charge in [0.15, 0.2) is 11.5 Å². The Morgan fingerprint density at radius 3 is 2.48 bits per heavy atom. The zero-order valence-corrected chi connectivity index (χ0v) is 18.0. The maximum atomic E-state index is 12.9. The van der Waals surface area contributed by atoms with E-state index in [9.17, 15) is 24.9 Å². The topological polar surface area (TPSA) is 124 Å². The number of benzene rings is 2. The molecule has 2 aromatic carbocycles. The van der Waals surface area contributed by atoms with E-state index in [1.54, 1.807) is 22.7 Å². The van der Waals surface area contributed by atoms with Gasteiger partial charge in [-0.15, -0.1) is 0 Å². The molecule has 9 heteroatoms. The number of amides is 1. The van der Waals surface area contributed by atoms with E-state index in [0.717, 1.165) is 5.56 Å². The van der Waals surface area contributed by atoms with Gasteiger partial charge in [0.25, 0.3) is 0 Å². The number of phenolic OH excluding ortho intramolecular Hbond substituents is 2. The number of imidazole rings is 1. The number of carbonyl (C=O) groups is 2. The Balaban J connectivity index is 1.61. The number of hydrogen-bond donors (Lipinski definition) is 4. The standard InChI is InChI=1S/C24H20ClN3O5/c25-16-7-9-21-27-23(15-4-2-1-3-5-15)18(28(21)13-16)12-22(31)26-17(24(32)33)10-14-6-8-19(29)20(30)11-14/h1-9,11,13,17,29-30H,10,12H2,(H,26,31)(H,32,33). The van der Waals surface area contributed by atoms with Crippen LogP contribution < -0.4 is 5.32 Å². The van der Waals surface area contributed by atoms with Gasteiger partial charge in [0.2, 0.25) is 5.91 Å². The fourth-order valence-corrected chi connectivity index (χ4v) is 3.75. The van der Waals surface area contributed by atoms with E-state index in [4.69, 9.17) is 11.6 Å². The number of carboxylic acids is 1. The van der Waals surface area contributed by atoms with Gasteiger partial charge in [-0.25, -0.2) is 9.78 Å². The van der Waals surface area contributed by atoms with E-state index in [-0.39, 0.29) is 24.3 Å². The number of phenols is 2. The number of carbonyl (C=O) groups excluding carboxylic acids is 1. The van der Waals surface area contributed by atoms with Crippen LogP contribution in [-0.2, 0) is 22.4 Å². The molecular weight excluding hydrogens is 446 g/mol. The highest BCUT2D eigenvalue weighted by Gasteiger charge is 2.23. The summed E-state index contributed by atoms with van der Waals surface area (Å²) >= 11 is 6.16. The molecule has 2 heterocycles. The zero-order chi connectivity index (χ0) is 23.5. The Morgan fingerprint density at radius 2 is 1.79 bits per heavy atom. The summed E-state index contributed by atoms with van der Waals surface area (Å²) in [6, 6.07) is 15.6. The molecule has 0 fully saturated rings. The molecule has 0 radical (unpaired) electrons. The number of hydrogen-bond acceptors (Lipinski definition) is 5. The minimum Gasteiger partial charge on any atom is -0.504 e. The van der Waals surface area contributed by atoms with Crippen LogP contribution in [0.3, 0.4) is 0 Å². The first-order chi connectivity index (χ1) is 15.8. The van der Waals surface area contributed by atoms with Gasteiger partial charge in [-0.3, -0.25) is 4.79 Å². The van der Waals surface area contributed by atoms with E-state index in [1.165, 1.54) is 18.2 Å². The molecule has 0 aliphatic carbocycles. The Hall–Kier alpha value is -4.04. The summed E-state index contributed by atoms with van der Waals surface area (Å²) in [6.07, 6.45) is 1.46. The first kappa shape index (κ1) is 22.2. The van der Waals surface area contributed by atoms with E-state index in [1.807, 2.05) is 30.3 Å². The van der Waals surface area contributed by atoms with Gasteiger partial charge in [-0.1, -0.05) is 48.0 Å². The molecule has 8 nitrogen and oxygen atoms in total. The van der Waals surface area contributed by atoms with Gasteiger partial charge in [0.05, 0.1) is 22.8 Å². The van der Waals surface area contributed by atoms with Crippen LogP contribution in [0.2, 0.25) is 5.02 Å². The maximum absolute atomic E-state index is 12.9. The molecule has 0 saturated heterocycles. The molecule has 0 saturated carbocycles. The quantitative estimate of drug-likeness (QED) is 0.310. The van der Waals surface area contributed by atoms with Crippen molar-refractivity contribution in [3.63, 3.8) is 0 Å². The molecule has 4 aromatic rings. The van der Waals surface area contributed by atoms with Crippen LogP contribution in [0.1, 0.15) is 11.3 Å². The Morgan fingerprint density at radius 1 is 1.03 bits per heavy atom. The smallest absolute Gasteiger partial charge is 0.326 e. The van der Waals surface area contributed by atoms with Crippen LogP contribution in [0.15, 0.2) is 66.9 Å².